The Kier molecular flexibility index (Phi) is 8.48. The van der Waals surface area contributed by atoms with Crippen molar-refractivity contribution in [3.63, 3.8) is 0 Å². The third-order valence-electron chi connectivity index (χ3n) is 6.49. The molecule has 3 aromatic rings. The number of benzene rings is 2. The number of alkyl halides is 3. The lowest BCUT2D eigenvalue weighted by Gasteiger charge is -2.20. The molecule has 0 bridgehead atoms. The van der Waals surface area contributed by atoms with E-state index in [0.717, 1.165) is 43.1 Å². The maximum atomic E-state index is 12.7. The SMILES string of the molecule is CN1Cc2cccc(-c3cnc4n3CCN(C(=O)COCc3ccccc3)CC4)c2C1.O=C(O)C(F)(F)F. The molecule has 38 heavy (non-hydrogen) atoms. The van der Waals surface area contributed by atoms with Crippen LogP contribution in [0.15, 0.2) is 54.7 Å². The van der Waals surface area contributed by atoms with E-state index in [1.807, 2.05) is 41.4 Å². The molecule has 1 amide bonds. The van der Waals surface area contributed by atoms with E-state index in [1.165, 1.54) is 16.7 Å². The molecule has 2 aliphatic heterocycles. The number of carbonyl (C=O) groups is 2. The smallest absolute Gasteiger partial charge is 0.475 e. The lowest BCUT2D eigenvalue weighted by Crippen LogP contribution is -2.36. The van der Waals surface area contributed by atoms with Gasteiger partial charge in [0.1, 0.15) is 12.4 Å². The Bertz CT molecular complexity index is 1280. The van der Waals surface area contributed by atoms with Crippen LogP contribution in [0.4, 0.5) is 13.2 Å². The highest BCUT2D eigenvalue weighted by Crippen LogP contribution is 2.33. The number of carbonyl (C=O) groups excluding carboxylic acids is 1. The fraction of sp³-hybridized carbons (Fsp3) is 0.370. The summed E-state index contributed by atoms with van der Waals surface area (Å²) in [5.41, 5.74) is 6.32. The van der Waals surface area contributed by atoms with Crippen LogP contribution in [-0.2, 0) is 47.0 Å². The Balaban J connectivity index is 0.000000426. The van der Waals surface area contributed by atoms with Gasteiger partial charge in [0, 0.05) is 44.7 Å². The van der Waals surface area contributed by atoms with Gasteiger partial charge in [-0.2, -0.15) is 13.2 Å². The molecule has 0 radical (unpaired) electrons. The number of ether oxygens (including phenoxy) is 1. The minimum atomic E-state index is -5.08. The van der Waals surface area contributed by atoms with E-state index in [1.54, 1.807) is 0 Å². The standard InChI is InChI=1S/C25H28N4O2.C2HF3O2/c1-27-15-20-8-5-9-21(22(20)16-27)23-14-26-24-10-11-28(12-13-29(23)24)25(30)18-31-17-19-6-3-2-4-7-19;3-2(4,5)1(6)7/h2-9,14H,10-13,15-18H2,1H3;(H,6,7). The first kappa shape index (κ1) is 27.3. The van der Waals surface area contributed by atoms with Crippen molar-refractivity contribution < 1.29 is 32.6 Å². The van der Waals surface area contributed by atoms with E-state index in [0.29, 0.717) is 19.7 Å². The number of amides is 1. The molecule has 0 aliphatic carbocycles. The number of imidazole rings is 1. The summed E-state index contributed by atoms with van der Waals surface area (Å²) < 4.78 is 39.7. The zero-order chi connectivity index (χ0) is 27.3. The number of aliphatic carboxylic acids is 1. The van der Waals surface area contributed by atoms with Gasteiger partial charge in [-0.3, -0.25) is 9.69 Å². The number of hydrogen-bond donors (Lipinski definition) is 1. The summed E-state index contributed by atoms with van der Waals surface area (Å²) in [6, 6.07) is 16.5. The lowest BCUT2D eigenvalue weighted by atomic mass is 10.0. The zero-order valence-electron chi connectivity index (χ0n) is 20.9. The number of halogens is 3. The minimum Gasteiger partial charge on any atom is -0.475 e. The van der Waals surface area contributed by atoms with Gasteiger partial charge in [-0.05, 0) is 23.7 Å². The highest BCUT2D eigenvalue weighted by Gasteiger charge is 2.38. The number of fused-ring (bicyclic) bond motifs is 2. The van der Waals surface area contributed by atoms with Crippen LogP contribution in [0.1, 0.15) is 22.5 Å². The maximum absolute atomic E-state index is 12.7. The Labute approximate surface area is 218 Å². The molecular formula is C27H29F3N4O4. The van der Waals surface area contributed by atoms with Gasteiger partial charge in [0.15, 0.2) is 0 Å². The normalized spacial score (nSPS) is 15.2. The third kappa shape index (κ3) is 6.59. The molecule has 2 aromatic carbocycles. The van der Waals surface area contributed by atoms with Gasteiger partial charge in [0.05, 0.1) is 18.5 Å². The lowest BCUT2D eigenvalue weighted by molar-refractivity contribution is -0.192. The molecule has 0 spiro atoms. The van der Waals surface area contributed by atoms with Crippen LogP contribution in [0.3, 0.4) is 0 Å². The van der Waals surface area contributed by atoms with E-state index >= 15 is 0 Å². The predicted molar refractivity (Wildman–Crippen MR) is 133 cm³/mol. The van der Waals surface area contributed by atoms with Crippen molar-refractivity contribution in [3.8, 4) is 11.3 Å². The Morgan fingerprint density at radius 1 is 1.03 bits per heavy atom. The molecule has 0 fully saturated rings. The van der Waals surface area contributed by atoms with Crippen LogP contribution < -0.4 is 0 Å². The number of aromatic nitrogens is 2. The molecule has 11 heteroatoms. The van der Waals surface area contributed by atoms with Gasteiger partial charge in [0.25, 0.3) is 0 Å². The second-order valence-corrected chi connectivity index (χ2v) is 9.24. The average molecular weight is 531 g/mol. The van der Waals surface area contributed by atoms with E-state index in [2.05, 4.69) is 34.7 Å². The van der Waals surface area contributed by atoms with Crippen LogP contribution in [0.5, 0.6) is 0 Å². The van der Waals surface area contributed by atoms with Crippen molar-refractivity contribution in [1.82, 2.24) is 19.4 Å². The number of rotatable bonds is 5. The summed E-state index contributed by atoms with van der Waals surface area (Å²) in [4.78, 5) is 30.6. The average Bonchev–Trinajstić information content (AvgIpc) is 3.39. The highest BCUT2D eigenvalue weighted by molar-refractivity contribution is 5.77. The third-order valence-corrected chi connectivity index (χ3v) is 6.49. The van der Waals surface area contributed by atoms with Crippen molar-refractivity contribution in [2.75, 3.05) is 26.7 Å². The van der Waals surface area contributed by atoms with Crippen molar-refractivity contribution in [1.29, 1.82) is 0 Å². The van der Waals surface area contributed by atoms with Gasteiger partial charge in [-0.25, -0.2) is 9.78 Å². The molecule has 0 atom stereocenters. The fourth-order valence-corrected chi connectivity index (χ4v) is 4.64. The van der Waals surface area contributed by atoms with Crippen LogP contribution in [0.25, 0.3) is 11.3 Å². The summed E-state index contributed by atoms with van der Waals surface area (Å²) in [7, 11) is 2.16. The molecule has 0 unspecified atom stereocenters. The number of carboxylic acids is 1. The van der Waals surface area contributed by atoms with Crippen LogP contribution in [0.2, 0.25) is 0 Å². The molecular weight excluding hydrogens is 501 g/mol. The predicted octanol–water partition coefficient (Wildman–Crippen LogP) is 3.73. The van der Waals surface area contributed by atoms with Crippen molar-refractivity contribution in [2.45, 2.75) is 38.8 Å². The van der Waals surface area contributed by atoms with Crippen molar-refractivity contribution >= 4 is 11.9 Å². The summed E-state index contributed by atoms with van der Waals surface area (Å²) in [5, 5.41) is 7.12. The van der Waals surface area contributed by atoms with Crippen LogP contribution >= 0.6 is 0 Å². The molecule has 3 heterocycles. The van der Waals surface area contributed by atoms with E-state index in [4.69, 9.17) is 19.6 Å². The summed E-state index contributed by atoms with van der Waals surface area (Å²) in [6.07, 6.45) is -2.32. The number of nitrogens with zero attached hydrogens (tertiary/aromatic N) is 4. The molecule has 1 aromatic heterocycles. The summed E-state index contributed by atoms with van der Waals surface area (Å²) in [5.74, 6) is -1.66. The van der Waals surface area contributed by atoms with Crippen LogP contribution in [-0.4, -0.2) is 69.3 Å². The molecule has 1 N–H and O–H groups in total. The first-order chi connectivity index (χ1) is 18.1. The van der Waals surface area contributed by atoms with Gasteiger partial charge >= 0.3 is 12.1 Å². The Hall–Kier alpha value is -3.70. The highest BCUT2D eigenvalue weighted by atomic mass is 19.4. The molecule has 0 saturated heterocycles. The maximum Gasteiger partial charge on any atom is 0.490 e. The van der Waals surface area contributed by atoms with Gasteiger partial charge in [-0.15, -0.1) is 0 Å². The van der Waals surface area contributed by atoms with Gasteiger partial charge in [-0.1, -0.05) is 48.5 Å². The number of hydrogen-bond acceptors (Lipinski definition) is 5. The minimum absolute atomic E-state index is 0.0467. The quantitative estimate of drug-likeness (QED) is 0.541. The Morgan fingerprint density at radius 3 is 2.47 bits per heavy atom. The van der Waals surface area contributed by atoms with E-state index < -0.39 is 12.1 Å². The molecule has 0 saturated carbocycles. The van der Waals surface area contributed by atoms with Crippen molar-refractivity contribution in [3.05, 3.63) is 77.2 Å². The first-order valence-electron chi connectivity index (χ1n) is 12.2. The first-order valence-corrected chi connectivity index (χ1v) is 12.2. The second-order valence-electron chi connectivity index (χ2n) is 9.24. The molecule has 8 nitrogen and oxygen atoms in total. The monoisotopic (exact) mass is 530 g/mol. The van der Waals surface area contributed by atoms with Gasteiger partial charge in [0.2, 0.25) is 5.91 Å². The largest absolute Gasteiger partial charge is 0.490 e. The molecule has 2 aliphatic rings. The van der Waals surface area contributed by atoms with Crippen LogP contribution in [0, 0.1) is 0 Å². The fourth-order valence-electron chi connectivity index (χ4n) is 4.64. The van der Waals surface area contributed by atoms with E-state index in [9.17, 15) is 18.0 Å². The van der Waals surface area contributed by atoms with Gasteiger partial charge < -0.3 is 19.3 Å². The number of carboxylic acid groups (broad SMARTS) is 1. The molecule has 202 valence electrons. The zero-order valence-corrected chi connectivity index (χ0v) is 20.9. The topological polar surface area (TPSA) is 87.9 Å². The Morgan fingerprint density at radius 2 is 1.76 bits per heavy atom. The summed E-state index contributed by atoms with van der Waals surface area (Å²) in [6.45, 7) is 4.65. The molecule has 5 rings (SSSR count). The van der Waals surface area contributed by atoms with Crippen molar-refractivity contribution in [2.24, 2.45) is 0 Å². The second kappa shape index (κ2) is 11.8. The van der Waals surface area contributed by atoms with E-state index in [-0.39, 0.29) is 12.5 Å². The summed E-state index contributed by atoms with van der Waals surface area (Å²) >= 11 is 0.